The summed E-state index contributed by atoms with van der Waals surface area (Å²) in [6.45, 7) is 10.5. The Bertz CT molecular complexity index is 388. The highest BCUT2D eigenvalue weighted by molar-refractivity contribution is 5.32. The van der Waals surface area contributed by atoms with Crippen molar-refractivity contribution in [2.24, 2.45) is 0 Å². The molecule has 0 spiro atoms. The van der Waals surface area contributed by atoms with Gasteiger partial charge in [0.05, 0.1) is 6.61 Å². The molecule has 0 N–H and O–H groups in total. The number of allylic oxidation sites excluding steroid dienone is 2. The number of rotatable bonds is 7. The molecule has 1 rings (SSSR count). The predicted octanol–water partition coefficient (Wildman–Crippen LogP) is 3.76. The van der Waals surface area contributed by atoms with E-state index in [4.69, 9.17) is 9.47 Å². The number of ether oxygens (including phenoxy) is 2. The molecule has 0 saturated heterocycles. The largest absolute Gasteiger partial charge is 0.494 e. The number of hydrogen-bond donors (Lipinski definition) is 0. The van der Waals surface area contributed by atoms with E-state index < -0.39 is 0 Å². The van der Waals surface area contributed by atoms with Crippen LogP contribution in [0.1, 0.15) is 6.92 Å². The molecule has 0 atom stereocenters. The summed E-state index contributed by atoms with van der Waals surface area (Å²) >= 11 is 0. The second kappa shape index (κ2) is 7.34. The van der Waals surface area contributed by atoms with E-state index in [1.165, 1.54) is 0 Å². The molecule has 0 amide bonds. The lowest BCUT2D eigenvalue weighted by atomic mass is 10.2. The Morgan fingerprint density at radius 3 is 2.18 bits per heavy atom. The fourth-order valence-electron chi connectivity index (χ4n) is 1.29. The minimum atomic E-state index is 0.490. The Morgan fingerprint density at radius 2 is 1.71 bits per heavy atom. The minimum absolute atomic E-state index is 0.490. The van der Waals surface area contributed by atoms with Crippen LogP contribution in [0.4, 0.5) is 0 Å². The van der Waals surface area contributed by atoms with Crippen LogP contribution in [-0.2, 0) is 0 Å². The topological polar surface area (TPSA) is 18.5 Å². The molecule has 1 aromatic rings. The molecule has 1 aromatic carbocycles. The molecular formula is C15H18O2. The highest BCUT2D eigenvalue weighted by Crippen LogP contribution is 2.18. The highest BCUT2D eigenvalue weighted by atomic mass is 16.5. The van der Waals surface area contributed by atoms with E-state index in [2.05, 4.69) is 13.2 Å². The van der Waals surface area contributed by atoms with Crippen molar-refractivity contribution < 1.29 is 9.47 Å². The molecule has 2 nitrogen and oxygen atoms in total. The van der Waals surface area contributed by atoms with E-state index in [9.17, 15) is 0 Å². The van der Waals surface area contributed by atoms with Gasteiger partial charge in [0, 0.05) is 0 Å². The molecule has 0 unspecified atom stereocenters. The summed E-state index contributed by atoms with van der Waals surface area (Å²) in [5.41, 5.74) is 0.994. The fraction of sp³-hybridized carbons (Fsp3) is 0.200. The second-order valence-electron chi connectivity index (χ2n) is 3.37. The maximum absolute atomic E-state index is 5.60. The molecule has 0 aliphatic heterocycles. The van der Waals surface area contributed by atoms with Crippen LogP contribution in [0.2, 0.25) is 0 Å². The average molecular weight is 230 g/mol. The van der Waals surface area contributed by atoms with Crippen molar-refractivity contribution in [1.29, 1.82) is 0 Å². The maximum Gasteiger partial charge on any atom is 0.120 e. The molecule has 2 heteroatoms. The van der Waals surface area contributed by atoms with Crippen LogP contribution in [0.5, 0.6) is 11.5 Å². The summed E-state index contributed by atoms with van der Waals surface area (Å²) in [5, 5.41) is 0. The van der Waals surface area contributed by atoms with Gasteiger partial charge in [0.15, 0.2) is 0 Å². The first-order valence-electron chi connectivity index (χ1n) is 5.59. The van der Waals surface area contributed by atoms with Crippen molar-refractivity contribution in [3.05, 3.63) is 61.2 Å². The molecule has 0 saturated carbocycles. The Hall–Kier alpha value is -1.96. The third-order valence-corrected chi connectivity index (χ3v) is 2.13. The molecule has 90 valence electrons. The first-order valence-corrected chi connectivity index (χ1v) is 5.59. The summed E-state index contributed by atoms with van der Waals surface area (Å²) in [7, 11) is 0. The molecule has 0 aliphatic carbocycles. The van der Waals surface area contributed by atoms with Crippen molar-refractivity contribution >= 4 is 0 Å². The van der Waals surface area contributed by atoms with Crippen molar-refractivity contribution in [1.82, 2.24) is 0 Å². The van der Waals surface area contributed by atoms with Gasteiger partial charge >= 0.3 is 0 Å². The quantitative estimate of drug-likeness (QED) is 0.664. The van der Waals surface area contributed by atoms with Crippen molar-refractivity contribution in [3.63, 3.8) is 0 Å². The third-order valence-electron chi connectivity index (χ3n) is 2.13. The number of benzene rings is 1. The molecular weight excluding hydrogens is 212 g/mol. The van der Waals surface area contributed by atoms with E-state index in [0.29, 0.717) is 13.2 Å². The van der Waals surface area contributed by atoms with E-state index in [0.717, 1.165) is 17.1 Å². The van der Waals surface area contributed by atoms with Crippen LogP contribution < -0.4 is 9.47 Å². The zero-order chi connectivity index (χ0) is 12.5. The molecule has 0 bridgehead atoms. The van der Waals surface area contributed by atoms with Gasteiger partial charge in [-0.25, -0.2) is 0 Å². The predicted molar refractivity (Wildman–Crippen MR) is 71.6 cm³/mol. The monoisotopic (exact) mass is 230 g/mol. The van der Waals surface area contributed by atoms with Gasteiger partial charge in [0.2, 0.25) is 0 Å². The lowest BCUT2D eigenvalue weighted by molar-refractivity contribution is 0.335. The van der Waals surface area contributed by atoms with Gasteiger partial charge in [-0.3, -0.25) is 0 Å². The summed E-state index contributed by atoms with van der Waals surface area (Å²) in [5.74, 6) is 1.66. The zero-order valence-electron chi connectivity index (χ0n) is 10.2. The van der Waals surface area contributed by atoms with Crippen molar-refractivity contribution in [3.8, 4) is 11.5 Å². The van der Waals surface area contributed by atoms with Gasteiger partial charge in [0.25, 0.3) is 0 Å². The smallest absolute Gasteiger partial charge is 0.120 e. The van der Waals surface area contributed by atoms with Crippen molar-refractivity contribution in [2.45, 2.75) is 6.92 Å². The van der Waals surface area contributed by atoms with Gasteiger partial charge in [-0.1, -0.05) is 31.4 Å². The first kappa shape index (κ1) is 13.1. The fourth-order valence-corrected chi connectivity index (χ4v) is 1.29. The maximum atomic E-state index is 5.60. The summed E-state index contributed by atoms with van der Waals surface area (Å²) in [6, 6.07) is 7.56. The lowest BCUT2D eigenvalue weighted by Crippen LogP contribution is -1.99. The Labute approximate surface area is 103 Å². The number of hydrogen-bond acceptors (Lipinski definition) is 2. The van der Waals surface area contributed by atoms with E-state index in [1.807, 2.05) is 37.3 Å². The van der Waals surface area contributed by atoms with Crippen LogP contribution in [0.25, 0.3) is 0 Å². The van der Waals surface area contributed by atoms with Gasteiger partial charge in [0.1, 0.15) is 18.1 Å². The molecule has 17 heavy (non-hydrogen) atoms. The molecule has 0 fully saturated rings. The average Bonchev–Trinajstić information content (AvgIpc) is 2.36. The second-order valence-corrected chi connectivity index (χ2v) is 3.37. The normalized spacial score (nSPS) is 10.8. The third kappa shape index (κ3) is 4.60. The van der Waals surface area contributed by atoms with E-state index >= 15 is 0 Å². The zero-order valence-corrected chi connectivity index (χ0v) is 10.2. The molecule has 0 aliphatic rings. The molecule has 0 aromatic heterocycles. The van der Waals surface area contributed by atoms with Crippen LogP contribution in [0, 0.1) is 0 Å². The summed E-state index contributed by atoms with van der Waals surface area (Å²) in [4.78, 5) is 0. The Morgan fingerprint density at radius 1 is 1.12 bits per heavy atom. The van der Waals surface area contributed by atoms with Gasteiger partial charge in [-0.15, -0.1) is 0 Å². The van der Waals surface area contributed by atoms with Crippen LogP contribution >= 0.6 is 0 Å². The van der Waals surface area contributed by atoms with Gasteiger partial charge < -0.3 is 9.47 Å². The van der Waals surface area contributed by atoms with Crippen LogP contribution in [0.15, 0.2) is 61.2 Å². The summed E-state index contributed by atoms with van der Waals surface area (Å²) < 4.78 is 11.0. The van der Waals surface area contributed by atoms with E-state index in [-0.39, 0.29) is 0 Å². The Kier molecular flexibility index (Phi) is 5.66. The molecule has 0 heterocycles. The summed E-state index contributed by atoms with van der Waals surface area (Å²) in [6.07, 6.45) is 5.36. The molecule has 0 radical (unpaired) electrons. The minimum Gasteiger partial charge on any atom is -0.494 e. The standard InChI is InChI=1S/C15H18O2/c1-4-7-13(5-2)12-17-15-10-8-14(9-11-15)16-6-3/h4-5,7-11H,1-2,6,12H2,3H3/b13-7+. The van der Waals surface area contributed by atoms with Crippen LogP contribution in [-0.4, -0.2) is 13.2 Å². The lowest BCUT2D eigenvalue weighted by Gasteiger charge is -2.08. The van der Waals surface area contributed by atoms with Crippen molar-refractivity contribution in [2.75, 3.05) is 13.2 Å². The van der Waals surface area contributed by atoms with Gasteiger partial charge in [-0.2, -0.15) is 0 Å². The SMILES string of the molecule is C=C/C=C(\C=C)COc1ccc(OCC)cc1. The highest BCUT2D eigenvalue weighted by Gasteiger charge is 1.96. The van der Waals surface area contributed by atoms with Crippen LogP contribution in [0.3, 0.4) is 0 Å². The van der Waals surface area contributed by atoms with Gasteiger partial charge in [-0.05, 0) is 36.8 Å². The van der Waals surface area contributed by atoms with E-state index in [1.54, 1.807) is 12.2 Å². The first-order chi connectivity index (χ1) is 8.30. The Balaban J connectivity index is 2.54.